The number of hydrogen-bond acceptors (Lipinski definition) is 4. The monoisotopic (exact) mass is 293 g/mol. The van der Waals surface area contributed by atoms with Gasteiger partial charge in [-0.15, -0.1) is 0 Å². The van der Waals surface area contributed by atoms with Crippen molar-refractivity contribution < 1.29 is 9.53 Å². The number of rotatable bonds is 5. The molecule has 21 heavy (non-hydrogen) atoms. The Balaban J connectivity index is 2.11. The summed E-state index contributed by atoms with van der Waals surface area (Å²) in [5.41, 5.74) is 1.53. The topological polar surface area (TPSA) is 47.4 Å². The first kappa shape index (κ1) is 16.0. The quantitative estimate of drug-likeness (QED) is 0.783. The third-order valence-electron chi connectivity index (χ3n) is 4.59. The molecule has 0 radical (unpaired) electrons. The molecule has 1 aromatic rings. The Kier molecular flexibility index (Phi) is 5.39. The molecule has 0 amide bonds. The third-order valence-corrected chi connectivity index (χ3v) is 4.59. The van der Waals surface area contributed by atoms with Crippen LogP contribution in [0.3, 0.4) is 0 Å². The van der Waals surface area contributed by atoms with E-state index in [1.54, 1.807) is 10.9 Å². The standard InChI is InChI=1S/C16H27N3O2/c1-5-21-16(20)13-10-17-19(4)15(13)11-18(3)14-9-7-6-8-12(14)2/h10,12,14H,5-9,11H2,1-4H3. The number of hydrogen-bond donors (Lipinski definition) is 0. The van der Waals surface area contributed by atoms with E-state index in [-0.39, 0.29) is 5.97 Å². The molecule has 0 saturated heterocycles. The van der Waals surface area contributed by atoms with E-state index in [0.717, 1.165) is 12.2 Å². The lowest BCUT2D eigenvalue weighted by molar-refractivity contribution is 0.0522. The summed E-state index contributed by atoms with van der Waals surface area (Å²) < 4.78 is 6.91. The maximum Gasteiger partial charge on any atom is 0.341 e. The van der Waals surface area contributed by atoms with Crippen molar-refractivity contribution in [3.8, 4) is 0 Å². The molecule has 1 aromatic heterocycles. The molecule has 0 spiro atoms. The maximum absolute atomic E-state index is 12.0. The fraction of sp³-hybridized carbons (Fsp3) is 0.750. The number of esters is 1. The van der Waals surface area contributed by atoms with Crippen LogP contribution in [0.1, 0.15) is 55.6 Å². The highest BCUT2D eigenvalue weighted by Crippen LogP contribution is 2.28. The van der Waals surface area contributed by atoms with Crippen molar-refractivity contribution in [2.24, 2.45) is 13.0 Å². The predicted octanol–water partition coefficient (Wildman–Crippen LogP) is 2.61. The summed E-state index contributed by atoms with van der Waals surface area (Å²) in [4.78, 5) is 14.4. The summed E-state index contributed by atoms with van der Waals surface area (Å²) in [6, 6.07) is 0.587. The van der Waals surface area contributed by atoms with Gasteiger partial charge < -0.3 is 4.74 Å². The Morgan fingerprint density at radius 3 is 2.86 bits per heavy atom. The first-order valence-corrected chi connectivity index (χ1v) is 7.92. The van der Waals surface area contributed by atoms with Crippen LogP contribution in [0.2, 0.25) is 0 Å². The molecule has 0 aromatic carbocycles. The van der Waals surface area contributed by atoms with Gasteiger partial charge in [0.25, 0.3) is 0 Å². The molecule has 0 aliphatic heterocycles. The first-order chi connectivity index (χ1) is 10.0. The fourth-order valence-electron chi connectivity index (χ4n) is 3.33. The van der Waals surface area contributed by atoms with Gasteiger partial charge in [0.1, 0.15) is 5.56 Å². The molecule has 2 unspecified atom stereocenters. The van der Waals surface area contributed by atoms with Gasteiger partial charge in [0.2, 0.25) is 0 Å². The lowest BCUT2D eigenvalue weighted by Gasteiger charge is -2.36. The molecule has 5 heteroatoms. The number of aryl methyl sites for hydroxylation is 1. The smallest absolute Gasteiger partial charge is 0.341 e. The Bertz CT molecular complexity index is 484. The third kappa shape index (κ3) is 3.64. The van der Waals surface area contributed by atoms with E-state index in [9.17, 15) is 4.79 Å². The Morgan fingerprint density at radius 2 is 2.19 bits per heavy atom. The van der Waals surface area contributed by atoms with Crippen LogP contribution in [0.25, 0.3) is 0 Å². The Hall–Kier alpha value is -1.36. The SMILES string of the molecule is CCOC(=O)c1cnn(C)c1CN(C)C1CCCCC1C. The lowest BCUT2D eigenvalue weighted by atomic mass is 9.85. The maximum atomic E-state index is 12.0. The second-order valence-electron chi connectivity index (χ2n) is 6.09. The van der Waals surface area contributed by atoms with Crippen LogP contribution >= 0.6 is 0 Å². The molecule has 0 N–H and O–H groups in total. The van der Waals surface area contributed by atoms with E-state index < -0.39 is 0 Å². The molecule has 2 rings (SSSR count). The highest BCUT2D eigenvalue weighted by atomic mass is 16.5. The average Bonchev–Trinajstić information content (AvgIpc) is 2.81. The highest BCUT2D eigenvalue weighted by molar-refractivity contribution is 5.90. The first-order valence-electron chi connectivity index (χ1n) is 7.92. The number of nitrogens with zero attached hydrogens (tertiary/aromatic N) is 3. The number of carbonyl (C=O) groups is 1. The Morgan fingerprint density at radius 1 is 1.48 bits per heavy atom. The molecule has 1 aliphatic rings. The van der Waals surface area contributed by atoms with Crippen molar-refractivity contribution in [1.82, 2.24) is 14.7 Å². The summed E-state index contributed by atoms with van der Waals surface area (Å²) in [7, 11) is 4.03. The van der Waals surface area contributed by atoms with Gasteiger partial charge in [-0.2, -0.15) is 5.10 Å². The van der Waals surface area contributed by atoms with Crippen LogP contribution in [-0.2, 0) is 18.3 Å². The minimum Gasteiger partial charge on any atom is -0.462 e. The minimum atomic E-state index is -0.273. The summed E-state index contributed by atoms with van der Waals surface area (Å²) in [5, 5.41) is 4.23. The van der Waals surface area contributed by atoms with E-state index in [1.165, 1.54) is 25.7 Å². The predicted molar refractivity (Wildman–Crippen MR) is 82.1 cm³/mol. The fourth-order valence-corrected chi connectivity index (χ4v) is 3.33. The zero-order valence-electron chi connectivity index (χ0n) is 13.6. The summed E-state index contributed by atoms with van der Waals surface area (Å²) in [6.07, 6.45) is 6.79. The molecular weight excluding hydrogens is 266 g/mol. The highest BCUT2D eigenvalue weighted by Gasteiger charge is 2.27. The molecule has 1 saturated carbocycles. The summed E-state index contributed by atoms with van der Waals surface area (Å²) in [5.74, 6) is 0.439. The van der Waals surface area contributed by atoms with E-state index in [2.05, 4.69) is 24.0 Å². The lowest BCUT2D eigenvalue weighted by Crippen LogP contribution is -2.39. The van der Waals surface area contributed by atoms with E-state index in [0.29, 0.717) is 24.1 Å². The van der Waals surface area contributed by atoms with Gasteiger partial charge >= 0.3 is 5.97 Å². The number of ether oxygens (including phenoxy) is 1. The van der Waals surface area contributed by atoms with Crippen LogP contribution in [-0.4, -0.2) is 40.3 Å². The van der Waals surface area contributed by atoms with Gasteiger partial charge in [0.15, 0.2) is 0 Å². The molecule has 1 fully saturated rings. The molecule has 0 bridgehead atoms. The van der Waals surface area contributed by atoms with Gasteiger partial charge in [-0.05, 0) is 32.7 Å². The minimum absolute atomic E-state index is 0.273. The molecule has 2 atom stereocenters. The Labute approximate surface area is 127 Å². The molecule has 1 heterocycles. The van der Waals surface area contributed by atoms with Crippen molar-refractivity contribution in [1.29, 1.82) is 0 Å². The largest absolute Gasteiger partial charge is 0.462 e. The van der Waals surface area contributed by atoms with Crippen molar-refractivity contribution in [3.05, 3.63) is 17.5 Å². The van der Waals surface area contributed by atoms with Crippen molar-refractivity contribution in [2.45, 2.75) is 52.1 Å². The van der Waals surface area contributed by atoms with Crippen molar-refractivity contribution >= 4 is 5.97 Å². The average molecular weight is 293 g/mol. The zero-order valence-corrected chi connectivity index (χ0v) is 13.6. The molecule has 5 nitrogen and oxygen atoms in total. The van der Waals surface area contributed by atoms with Crippen molar-refractivity contribution in [3.63, 3.8) is 0 Å². The molecule has 1 aliphatic carbocycles. The zero-order chi connectivity index (χ0) is 15.4. The second kappa shape index (κ2) is 7.07. The summed E-state index contributed by atoms with van der Waals surface area (Å²) in [6.45, 7) is 5.28. The number of aromatic nitrogens is 2. The van der Waals surface area contributed by atoms with E-state index in [1.807, 2.05) is 14.0 Å². The van der Waals surface area contributed by atoms with Gasteiger partial charge in [0.05, 0.1) is 18.5 Å². The molecular formula is C16H27N3O2. The van der Waals surface area contributed by atoms with E-state index >= 15 is 0 Å². The van der Waals surface area contributed by atoms with Crippen LogP contribution in [0.4, 0.5) is 0 Å². The van der Waals surface area contributed by atoms with Gasteiger partial charge in [-0.3, -0.25) is 9.58 Å². The van der Waals surface area contributed by atoms with Crippen LogP contribution < -0.4 is 0 Å². The number of carbonyl (C=O) groups excluding carboxylic acids is 1. The van der Waals surface area contributed by atoms with Crippen molar-refractivity contribution in [2.75, 3.05) is 13.7 Å². The second-order valence-corrected chi connectivity index (χ2v) is 6.09. The van der Waals surface area contributed by atoms with Gasteiger partial charge in [0, 0.05) is 19.6 Å². The normalized spacial score (nSPS) is 22.5. The van der Waals surface area contributed by atoms with E-state index in [4.69, 9.17) is 4.74 Å². The van der Waals surface area contributed by atoms with Gasteiger partial charge in [-0.1, -0.05) is 19.8 Å². The van der Waals surface area contributed by atoms with Crippen LogP contribution in [0.15, 0.2) is 6.20 Å². The van der Waals surface area contributed by atoms with Crippen LogP contribution in [0, 0.1) is 5.92 Å². The summed E-state index contributed by atoms with van der Waals surface area (Å²) >= 11 is 0. The van der Waals surface area contributed by atoms with Crippen LogP contribution in [0.5, 0.6) is 0 Å². The molecule has 118 valence electrons. The van der Waals surface area contributed by atoms with Gasteiger partial charge in [-0.25, -0.2) is 4.79 Å².